The van der Waals surface area contributed by atoms with Gasteiger partial charge in [0, 0.05) is 4.90 Å². The van der Waals surface area contributed by atoms with Gasteiger partial charge >= 0.3 is 0 Å². The molecule has 0 atom stereocenters. The second kappa shape index (κ2) is 5.56. The second-order valence-electron chi connectivity index (χ2n) is 2.37. The number of rotatable bonds is 4. The first-order valence-corrected chi connectivity index (χ1v) is 4.74. The normalized spacial score (nSPS) is 10.5. The van der Waals surface area contributed by atoms with Gasteiger partial charge < -0.3 is 0 Å². The van der Waals surface area contributed by atoms with Gasteiger partial charge in [-0.25, -0.2) is 0 Å². The van der Waals surface area contributed by atoms with Crippen molar-refractivity contribution >= 4 is 24.3 Å². The maximum absolute atomic E-state index is 10.0. The van der Waals surface area contributed by atoms with Crippen molar-refractivity contribution in [1.29, 1.82) is 0 Å². The van der Waals surface area contributed by atoms with Crippen LogP contribution in [0.2, 0.25) is 0 Å². The van der Waals surface area contributed by atoms with Crippen molar-refractivity contribution in [3.05, 3.63) is 35.9 Å². The predicted octanol–water partition coefficient (Wildman–Crippen LogP) is 2.13. The lowest BCUT2D eigenvalue weighted by Gasteiger charge is -1.98. The van der Waals surface area contributed by atoms with E-state index in [9.17, 15) is 4.79 Å². The van der Waals surface area contributed by atoms with E-state index in [0.29, 0.717) is 0 Å². The molecule has 0 bridgehead atoms. The fourth-order valence-corrected chi connectivity index (χ4v) is 1.42. The molecule has 0 radical (unpaired) electrons. The van der Waals surface area contributed by atoms with E-state index >= 15 is 0 Å². The average molecular weight is 193 g/mol. The zero-order chi connectivity index (χ0) is 9.52. The van der Waals surface area contributed by atoms with Crippen molar-refractivity contribution in [2.75, 3.05) is 7.05 Å². The van der Waals surface area contributed by atoms with Crippen molar-refractivity contribution in [3.63, 3.8) is 0 Å². The fraction of sp³-hybridized carbons (Fsp3) is 0.100. The highest BCUT2D eigenvalue weighted by Crippen LogP contribution is 2.14. The molecule has 0 saturated heterocycles. The highest BCUT2D eigenvalue weighted by atomic mass is 32.2. The van der Waals surface area contributed by atoms with Gasteiger partial charge in [0.15, 0.2) is 0 Å². The van der Waals surface area contributed by atoms with Crippen LogP contribution in [0.1, 0.15) is 5.56 Å². The van der Waals surface area contributed by atoms with Gasteiger partial charge in [0.2, 0.25) is 0 Å². The average Bonchev–Trinajstić information content (AvgIpc) is 2.17. The zero-order valence-electron chi connectivity index (χ0n) is 7.36. The Morgan fingerprint density at radius 2 is 2.00 bits per heavy atom. The van der Waals surface area contributed by atoms with Gasteiger partial charge in [-0.15, -0.1) is 0 Å². The number of hydrogen-bond donors (Lipinski definition) is 1. The van der Waals surface area contributed by atoms with Crippen LogP contribution in [0, 0.1) is 0 Å². The van der Waals surface area contributed by atoms with Crippen LogP contribution in [0.4, 0.5) is 0 Å². The minimum atomic E-state index is 0.774. The summed E-state index contributed by atoms with van der Waals surface area (Å²) in [5, 5.41) is 0. The van der Waals surface area contributed by atoms with Crippen molar-refractivity contribution < 1.29 is 4.79 Å². The molecule has 1 aromatic rings. The quantitative estimate of drug-likeness (QED) is 0.451. The predicted molar refractivity (Wildman–Crippen MR) is 56.5 cm³/mol. The van der Waals surface area contributed by atoms with Gasteiger partial charge in [0.1, 0.15) is 6.29 Å². The van der Waals surface area contributed by atoms with Crippen LogP contribution in [0.5, 0.6) is 0 Å². The monoisotopic (exact) mass is 193 g/mol. The van der Waals surface area contributed by atoms with Gasteiger partial charge in [-0.1, -0.05) is 18.2 Å². The Morgan fingerprint density at radius 1 is 1.31 bits per heavy atom. The number of aldehydes is 1. The molecule has 0 saturated carbocycles. The third-order valence-corrected chi connectivity index (χ3v) is 2.18. The standard InChI is InChI=1S/C10H11NOS/c1-11-13-10-6-4-9(5-7-10)3-2-8-12/h2-8,11H,1H3/b3-2+. The molecule has 13 heavy (non-hydrogen) atoms. The summed E-state index contributed by atoms with van der Waals surface area (Å²) in [4.78, 5) is 11.2. The van der Waals surface area contributed by atoms with E-state index in [4.69, 9.17) is 0 Å². The molecule has 0 unspecified atom stereocenters. The SMILES string of the molecule is CNSc1ccc(/C=C/C=O)cc1. The van der Waals surface area contributed by atoms with E-state index in [2.05, 4.69) is 4.72 Å². The lowest BCUT2D eigenvalue weighted by Crippen LogP contribution is -1.89. The Balaban J connectivity index is 2.69. The lowest BCUT2D eigenvalue weighted by molar-refractivity contribution is -0.104. The van der Waals surface area contributed by atoms with Crippen LogP contribution >= 0.6 is 11.9 Å². The molecule has 1 aromatic carbocycles. The van der Waals surface area contributed by atoms with Crippen molar-refractivity contribution in [2.45, 2.75) is 4.90 Å². The summed E-state index contributed by atoms with van der Waals surface area (Å²) >= 11 is 1.56. The molecule has 1 N–H and O–H groups in total. The molecule has 1 rings (SSSR count). The second-order valence-corrected chi connectivity index (χ2v) is 3.45. The van der Waals surface area contributed by atoms with Crippen LogP contribution in [-0.2, 0) is 4.79 Å². The maximum atomic E-state index is 10.0. The summed E-state index contributed by atoms with van der Waals surface area (Å²) in [5.41, 5.74) is 1.03. The summed E-state index contributed by atoms with van der Waals surface area (Å²) < 4.78 is 2.99. The van der Waals surface area contributed by atoms with Gasteiger partial charge in [-0.2, -0.15) is 0 Å². The maximum Gasteiger partial charge on any atom is 0.142 e. The first-order valence-electron chi connectivity index (χ1n) is 3.92. The van der Waals surface area contributed by atoms with Crippen LogP contribution in [-0.4, -0.2) is 13.3 Å². The minimum absolute atomic E-state index is 0.774. The number of nitrogens with one attached hydrogen (secondary N) is 1. The molecule has 2 nitrogen and oxygen atoms in total. The van der Waals surface area contributed by atoms with Crippen LogP contribution in [0.3, 0.4) is 0 Å². The smallest absolute Gasteiger partial charge is 0.142 e. The number of benzene rings is 1. The van der Waals surface area contributed by atoms with Gasteiger partial charge in [0.05, 0.1) is 0 Å². The molecular formula is C10H11NOS. The Hall–Kier alpha value is -1.06. The summed E-state index contributed by atoms with van der Waals surface area (Å²) in [6.07, 6.45) is 4.04. The molecule has 0 aliphatic rings. The molecule has 0 spiro atoms. The van der Waals surface area contributed by atoms with Crippen molar-refractivity contribution in [1.82, 2.24) is 4.72 Å². The molecule has 0 aliphatic carbocycles. The van der Waals surface area contributed by atoms with E-state index in [-0.39, 0.29) is 0 Å². The van der Waals surface area contributed by atoms with E-state index in [0.717, 1.165) is 16.7 Å². The Kier molecular flexibility index (Phi) is 4.29. The summed E-state index contributed by atoms with van der Waals surface area (Å²) in [7, 11) is 1.88. The Labute approximate surface area is 82.2 Å². The number of carbonyl (C=O) groups is 1. The Bertz CT molecular complexity index is 292. The molecular weight excluding hydrogens is 182 g/mol. The molecule has 0 aliphatic heterocycles. The highest BCUT2D eigenvalue weighted by Gasteiger charge is 1.90. The summed E-state index contributed by atoms with van der Waals surface area (Å²) in [6.45, 7) is 0. The number of hydrogen-bond acceptors (Lipinski definition) is 3. The van der Waals surface area contributed by atoms with Gasteiger partial charge in [0.25, 0.3) is 0 Å². The summed E-state index contributed by atoms with van der Waals surface area (Å²) in [5.74, 6) is 0. The number of allylic oxidation sites excluding steroid dienone is 1. The van der Waals surface area contributed by atoms with Crippen LogP contribution in [0.25, 0.3) is 6.08 Å². The van der Waals surface area contributed by atoms with E-state index < -0.39 is 0 Å². The van der Waals surface area contributed by atoms with E-state index in [1.54, 1.807) is 18.0 Å². The van der Waals surface area contributed by atoms with Crippen molar-refractivity contribution in [3.8, 4) is 0 Å². The molecule has 3 heteroatoms. The molecule has 68 valence electrons. The first kappa shape index (κ1) is 10.0. The third-order valence-electron chi connectivity index (χ3n) is 1.47. The van der Waals surface area contributed by atoms with Crippen LogP contribution < -0.4 is 4.72 Å². The Morgan fingerprint density at radius 3 is 2.54 bits per heavy atom. The van der Waals surface area contributed by atoms with Gasteiger partial charge in [-0.3, -0.25) is 9.52 Å². The zero-order valence-corrected chi connectivity index (χ0v) is 8.17. The van der Waals surface area contributed by atoms with Gasteiger partial charge in [-0.05, 0) is 42.8 Å². The first-order chi connectivity index (χ1) is 6.36. The summed E-state index contributed by atoms with van der Waals surface area (Å²) in [6, 6.07) is 7.95. The molecule has 0 fully saturated rings. The minimum Gasteiger partial charge on any atom is -0.299 e. The van der Waals surface area contributed by atoms with Crippen LogP contribution in [0.15, 0.2) is 35.2 Å². The lowest BCUT2D eigenvalue weighted by atomic mass is 10.2. The van der Waals surface area contributed by atoms with Crippen molar-refractivity contribution in [2.24, 2.45) is 0 Å². The molecule has 0 heterocycles. The third kappa shape index (κ3) is 3.44. The highest BCUT2D eigenvalue weighted by molar-refractivity contribution is 7.97. The molecule has 0 aromatic heterocycles. The topological polar surface area (TPSA) is 29.1 Å². The largest absolute Gasteiger partial charge is 0.299 e. The molecule has 0 amide bonds. The fourth-order valence-electron chi connectivity index (χ4n) is 0.915. The number of carbonyl (C=O) groups excluding carboxylic acids is 1. The van der Waals surface area contributed by atoms with E-state index in [1.807, 2.05) is 31.3 Å². The van der Waals surface area contributed by atoms with E-state index in [1.165, 1.54) is 6.08 Å².